The van der Waals surface area contributed by atoms with E-state index in [-0.39, 0.29) is 12.5 Å². The number of nitrogens with zero attached hydrogens (tertiary/aromatic N) is 3. The molecule has 0 bridgehead atoms. The van der Waals surface area contributed by atoms with Crippen molar-refractivity contribution in [2.45, 2.75) is 31.8 Å². The van der Waals surface area contributed by atoms with Gasteiger partial charge >= 0.3 is 0 Å². The molecular formula is C19H29N3O3. The van der Waals surface area contributed by atoms with Gasteiger partial charge in [-0.15, -0.1) is 0 Å². The summed E-state index contributed by atoms with van der Waals surface area (Å²) in [5.74, 6) is 0.107. The van der Waals surface area contributed by atoms with Gasteiger partial charge in [-0.25, -0.2) is 0 Å². The van der Waals surface area contributed by atoms with Gasteiger partial charge in [0, 0.05) is 58.8 Å². The Morgan fingerprint density at radius 3 is 2.76 bits per heavy atom. The molecule has 0 saturated carbocycles. The van der Waals surface area contributed by atoms with E-state index in [0.29, 0.717) is 11.5 Å². The van der Waals surface area contributed by atoms with Gasteiger partial charge in [0.05, 0.1) is 6.61 Å². The number of aromatic nitrogens is 1. The average Bonchev–Trinajstić information content (AvgIpc) is 2.94. The summed E-state index contributed by atoms with van der Waals surface area (Å²) in [6.07, 6.45) is 7.03. The Morgan fingerprint density at radius 2 is 2.12 bits per heavy atom. The maximum atomic E-state index is 12.0. The first-order chi connectivity index (χ1) is 12.2. The van der Waals surface area contributed by atoms with Gasteiger partial charge in [-0.2, -0.15) is 0 Å². The Kier molecular flexibility index (Phi) is 6.04. The lowest BCUT2D eigenvalue weighted by Gasteiger charge is -2.39. The molecule has 2 aliphatic heterocycles. The van der Waals surface area contributed by atoms with Crippen molar-refractivity contribution in [2.24, 2.45) is 5.41 Å². The Bertz CT molecular complexity index is 558. The maximum absolute atomic E-state index is 12.0. The van der Waals surface area contributed by atoms with E-state index in [1.807, 2.05) is 23.4 Å². The molecule has 0 radical (unpaired) electrons. The molecule has 2 fully saturated rings. The monoisotopic (exact) mass is 347 g/mol. The quantitative estimate of drug-likeness (QED) is 0.782. The largest absolute Gasteiger partial charge is 0.383 e. The first-order valence-electron chi connectivity index (χ1n) is 9.04. The number of rotatable bonds is 6. The van der Waals surface area contributed by atoms with Crippen LogP contribution in [0.5, 0.6) is 0 Å². The SMILES string of the molecule is COCC(=O)N1CCC2(CC1)CC(COC)N(Cc1cccnc1)C2. The summed E-state index contributed by atoms with van der Waals surface area (Å²) in [5, 5.41) is 0. The van der Waals surface area contributed by atoms with Gasteiger partial charge in [0.15, 0.2) is 0 Å². The van der Waals surface area contributed by atoms with E-state index in [1.165, 1.54) is 5.56 Å². The highest BCUT2D eigenvalue weighted by Crippen LogP contribution is 2.43. The second-order valence-corrected chi connectivity index (χ2v) is 7.39. The third-order valence-electron chi connectivity index (χ3n) is 5.64. The lowest BCUT2D eigenvalue weighted by Crippen LogP contribution is -2.45. The lowest BCUT2D eigenvalue weighted by atomic mass is 9.76. The molecule has 1 atom stereocenters. The number of hydrogen-bond acceptors (Lipinski definition) is 5. The fourth-order valence-electron chi connectivity index (χ4n) is 4.33. The van der Waals surface area contributed by atoms with Gasteiger partial charge in [-0.1, -0.05) is 6.07 Å². The normalized spacial score (nSPS) is 23.3. The molecule has 6 heteroatoms. The second-order valence-electron chi connectivity index (χ2n) is 7.39. The first-order valence-corrected chi connectivity index (χ1v) is 9.04. The summed E-state index contributed by atoms with van der Waals surface area (Å²) in [5.41, 5.74) is 1.54. The van der Waals surface area contributed by atoms with Crippen LogP contribution in [0.15, 0.2) is 24.5 Å². The Morgan fingerprint density at radius 1 is 1.32 bits per heavy atom. The number of methoxy groups -OCH3 is 2. The van der Waals surface area contributed by atoms with Crippen LogP contribution in [-0.2, 0) is 20.8 Å². The van der Waals surface area contributed by atoms with Crippen LogP contribution >= 0.6 is 0 Å². The van der Waals surface area contributed by atoms with Crippen molar-refractivity contribution in [2.75, 3.05) is 47.1 Å². The predicted molar refractivity (Wildman–Crippen MR) is 95.1 cm³/mol. The smallest absolute Gasteiger partial charge is 0.248 e. The van der Waals surface area contributed by atoms with E-state index < -0.39 is 0 Å². The minimum Gasteiger partial charge on any atom is -0.383 e. The van der Waals surface area contributed by atoms with Crippen LogP contribution in [0.4, 0.5) is 0 Å². The highest BCUT2D eigenvalue weighted by molar-refractivity contribution is 5.77. The van der Waals surface area contributed by atoms with E-state index in [4.69, 9.17) is 9.47 Å². The molecule has 6 nitrogen and oxygen atoms in total. The molecule has 0 N–H and O–H groups in total. The standard InChI is InChI=1S/C19H29N3O3/c1-24-13-17-10-19(5-8-21(9-6-19)18(23)14-25-2)15-22(17)12-16-4-3-7-20-11-16/h3-4,7,11,17H,5-6,8-10,12-15H2,1-2H3. The zero-order valence-corrected chi connectivity index (χ0v) is 15.3. The number of carbonyl (C=O) groups is 1. The number of carbonyl (C=O) groups excluding carboxylic acids is 1. The summed E-state index contributed by atoms with van der Waals surface area (Å²) in [7, 11) is 3.35. The number of likely N-dealkylation sites (tertiary alicyclic amines) is 2. The van der Waals surface area contributed by atoms with Crippen LogP contribution in [0.1, 0.15) is 24.8 Å². The predicted octanol–water partition coefficient (Wildman–Crippen LogP) is 1.56. The van der Waals surface area contributed by atoms with Crippen molar-refractivity contribution in [1.82, 2.24) is 14.8 Å². The zero-order valence-electron chi connectivity index (χ0n) is 15.3. The second kappa shape index (κ2) is 8.25. The van der Waals surface area contributed by atoms with Crippen molar-refractivity contribution in [3.8, 4) is 0 Å². The molecule has 2 saturated heterocycles. The minimum absolute atomic E-state index is 0.107. The lowest BCUT2D eigenvalue weighted by molar-refractivity contribution is -0.137. The highest BCUT2D eigenvalue weighted by atomic mass is 16.5. The summed E-state index contributed by atoms with van der Waals surface area (Å²) < 4.78 is 10.5. The third kappa shape index (κ3) is 4.37. The molecule has 2 aliphatic rings. The van der Waals surface area contributed by atoms with Gasteiger partial charge in [0.2, 0.25) is 5.91 Å². The fraction of sp³-hybridized carbons (Fsp3) is 0.684. The van der Waals surface area contributed by atoms with E-state index >= 15 is 0 Å². The van der Waals surface area contributed by atoms with Gasteiger partial charge in [0.1, 0.15) is 6.61 Å². The fourth-order valence-corrected chi connectivity index (χ4v) is 4.33. The highest BCUT2D eigenvalue weighted by Gasteiger charge is 2.45. The summed E-state index contributed by atoms with van der Waals surface area (Å²) in [4.78, 5) is 20.8. The van der Waals surface area contributed by atoms with E-state index in [2.05, 4.69) is 16.0 Å². The molecule has 1 aromatic rings. The molecule has 0 aliphatic carbocycles. The van der Waals surface area contributed by atoms with Crippen LogP contribution in [0.3, 0.4) is 0 Å². The molecule has 1 unspecified atom stereocenters. The molecule has 0 aromatic carbocycles. The van der Waals surface area contributed by atoms with Gasteiger partial charge in [0.25, 0.3) is 0 Å². The summed E-state index contributed by atoms with van der Waals surface area (Å²) >= 11 is 0. The van der Waals surface area contributed by atoms with Gasteiger partial charge in [-0.3, -0.25) is 14.7 Å². The minimum atomic E-state index is 0.107. The molecule has 25 heavy (non-hydrogen) atoms. The van der Waals surface area contributed by atoms with E-state index in [0.717, 1.165) is 52.0 Å². The molecule has 1 aromatic heterocycles. The molecule has 1 amide bonds. The number of pyridine rings is 1. The Hall–Kier alpha value is -1.50. The number of hydrogen-bond donors (Lipinski definition) is 0. The first kappa shape index (κ1) is 18.3. The van der Waals surface area contributed by atoms with Crippen molar-refractivity contribution >= 4 is 5.91 Å². The maximum Gasteiger partial charge on any atom is 0.248 e. The Balaban J connectivity index is 1.63. The Labute approximate surface area is 150 Å². The third-order valence-corrected chi connectivity index (χ3v) is 5.64. The van der Waals surface area contributed by atoms with Crippen molar-refractivity contribution in [3.05, 3.63) is 30.1 Å². The number of amides is 1. The van der Waals surface area contributed by atoms with Crippen molar-refractivity contribution in [1.29, 1.82) is 0 Å². The molecule has 3 rings (SSSR count). The van der Waals surface area contributed by atoms with Crippen LogP contribution in [0.2, 0.25) is 0 Å². The van der Waals surface area contributed by atoms with Crippen LogP contribution in [0, 0.1) is 5.41 Å². The molecule has 3 heterocycles. The van der Waals surface area contributed by atoms with Gasteiger partial charge < -0.3 is 14.4 Å². The summed E-state index contributed by atoms with van der Waals surface area (Å²) in [6.45, 7) is 4.60. The van der Waals surface area contributed by atoms with Crippen molar-refractivity contribution in [3.63, 3.8) is 0 Å². The zero-order chi connectivity index (χ0) is 17.7. The van der Waals surface area contributed by atoms with Crippen molar-refractivity contribution < 1.29 is 14.3 Å². The van der Waals surface area contributed by atoms with E-state index in [1.54, 1.807) is 14.2 Å². The van der Waals surface area contributed by atoms with E-state index in [9.17, 15) is 4.79 Å². The molecule has 1 spiro atoms. The van der Waals surface area contributed by atoms with Crippen LogP contribution < -0.4 is 0 Å². The average molecular weight is 347 g/mol. The summed E-state index contributed by atoms with van der Waals surface area (Å²) in [6, 6.07) is 4.56. The van der Waals surface area contributed by atoms with Crippen LogP contribution in [0.25, 0.3) is 0 Å². The molecule has 138 valence electrons. The number of ether oxygens (including phenoxy) is 2. The van der Waals surface area contributed by atoms with Crippen LogP contribution in [-0.4, -0.2) is 73.8 Å². The molecular weight excluding hydrogens is 318 g/mol. The number of piperidine rings is 1. The van der Waals surface area contributed by atoms with Gasteiger partial charge in [-0.05, 0) is 36.3 Å². The topological polar surface area (TPSA) is 54.9 Å².